The van der Waals surface area contributed by atoms with Crippen LogP contribution in [-0.2, 0) is 13.0 Å². The summed E-state index contributed by atoms with van der Waals surface area (Å²) in [5.41, 5.74) is 0.472. The van der Waals surface area contributed by atoms with Crippen LogP contribution < -0.4 is 0 Å². The predicted molar refractivity (Wildman–Crippen MR) is 82.5 cm³/mol. The van der Waals surface area contributed by atoms with Crippen LogP contribution in [-0.4, -0.2) is 14.8 Å². The molecule has 2 heterocycles. The summed E-state index contributed by atoms with van der Waals surface area (Å²) in [6.07, 6.45) is 5.53. The van der Waals surface area contributed by atoms with Crippen LogP contribution >= 0.6 is 11.6 Å². The van der Waals surface area contributed by atoms with Gasteiger partial charge in [0.2, 0.25) is 0 Å². The molecule has 0 radical (unpaired) electrons. The highest BCUT2D eigenvalue weighted by molar-refractivity contribution is 6.32. The Morgan fingerprint density at radius 3 is 2.95 bits per heavy atom. The number of allylic oxidation sites excluding steroid dienone is 1. The molecule has 0 bridgehead atoms. The van der Waals surface area contributed by atoms with Gasteiger partial charge in [0.15, 0.2) is 5.82 Å². The van der Waals surface area contributed by atoms with Crippen molar-refractivity contribution >= 4 is 23.3 Å². The molecule has 22 heavy (non-hydrogen) atoms. The van der Waals surface area contributed by atoms with Gasteiger partial charge < -0.3 is 4.57 Å². The minimum atomic E-state index is -0.462. The number of halogens is 2. The molecule has 1 aliphatic rings. The Hall–Kier alpha value is -2.19. The number of aromatic nitrogens is 3. The van der Waals surface area contributed by atoms with E-state index in [1.165, 1.54) is 18.2 Å². The Balaban J connectivity index is 2.08. The number of rotatable bonds is 2. The van der Waals surface area contributed by atoms with E-state index in [1.807, 2.05) is 4.57 Å². The lowest BCUT2D eigenvalue weighted by Gasteiger charge is -2.06. The van der Waals surface area contributed by atoms with Crippen molar-refractivity contribution in [3.8, 4) is 6.07 Å². The van der Waals surface area contributed by atoms with Crippen molar-refractivity contribution in [1.29, 1.82) is 5.26 Å². The van der Waals surface area contributed by atoms with Crippen LogP contribution in [0.5, 0.6) is 0 Å². The monoisotopic (exact) mass is 316 g/mol. The number of nitrogens with zero attached hydrogens (tertiary/aromatic N) is 4. The standard InChI is InChI=1S/C16H14ClFN4/c17-13-5-4-6-14(18)12(13)9-11(10-19)16-21-20-15-7-2-1-3-8-22(15)16/h4-6,9H,1-3,7-8H2/b11-9+. The third-order valence-corrected chi connectivity index (χ3v) is 4.09. The fourth-order valence-corrected chi connectivity index (χ4v) is 2.84. The quantitative estimate of drug-likeness (QED) is 0.790. The Kier molecular flexibility index (Phi) is 4.21. The summed E-state index contributed by atoms with van der Waals surface area (Å²) in [5, 5.41) is 18.0. The summed E-state index contributed by atoms with van der Waals surface area (Å²) in [6, 6.07) is 6.53. The summed E-state index contributed by atoms with van der Waals surface area (Å²) in [6.45, 7) is 0.779. The van der Waals surface area contributed by atoms with E-state index in [0.29, 0.717) is 5.82 Å². The summed E-state index contributed by atoms with van der Waals surface area (Å²) in [4.78, 5) is 0. The molecule has 1 aliphatic heterocycles. The number of aryl methyl sites for hydroxylation is 1. The minimum absolute atomic E-state index is 0.201. The van der Waals surface area contributed by atoms with E-state index >= 15 is 0 Å². The zero-order valence-electron chi connectivity index (χ0n) is 11.9. The Labute approximate surface area is 132 Å². The van der Waals surface area contributed by atoms with Gasteiger partial charge in [0.1, 0.15) is 17.7 Å². The van der Waals surface area contributed by atoms with E-state index in [4.69, 9.17) is 11.6 Å². The first kappa shape index (κ1) is 14.7. The molecular formula is C16H14ClFN4. The van der Waals surface area contributed by atoms with Crippen LogP contribution in [0.25, 0.3) is 11.6 Å². The van der Waals surface area contributed by atoms with Crippen molar-refractivity contribution in [3.05, 3.63) is 46.3 Å². The first-order valence-electron chi connectivity index (χ1n) is 7.19. The molecule has 1 aromatic carbocycles. The second-order valence-electron chi connectivity index (χ2n) is 5.21. The van der Waals surface area contributed by atoms with Gasteiger partial charge >= 0.3 is 0 Å². The molecule has 0 fully saturated rings. The van der Waals surface area contributed by atoms with Gasteiger partial charge in [0.05, 0.1) is 10.6 Å². The summed E-state index contributed by atoms with van der Waals surface area (Å²) in [5.74, 6) is 0.905. The van der Waals surface area contributed by atoms with Crippen molar-refractivity contribution in [3.63, 3.8) is 0 Å². The molecule has 2 aromatic rings. The molecule has 0 atom stereocenters. The van der Waals surface area contributed by atoms with Gasteiger partial charge in [-0.3, -0.25) is 0 Å². The molecule has 0 spiro atoms. The maximum atomic E-state index is 13.9. The van der Waals surface area contributed by atoms with E-state index in [9.17, 15) is 9.65 Å². The first-order chi connectivity index (χ1) is 10.7. The topological polar surface area (TPSA) is 54.5 Å². The second-order valence-corrected chi connectivity index (χ2v) is 5.61. The Morgan fingerprint density at radius 1 is 1.32 bits per heavy atom. The van der Waals surface area contributed by atoms with E-state index in [0.717, 1.165) is 38.1 Å². The molecule has 4 nitrogen and oxygen atoms in total. The van der Waals surface area contributed by atoms with Crippen molar-refractivity contribution < 1.29 is 4.39 Å². The highest BCUT2D eigenvalue weighted by atomic mass is 35.5. The van der Waals surface area contributed by atoms with Gasteiger partial charge in [0.25, 0.3) is 0 Å². The van der Waals surface area contributed by atoms with Gasteiger partial charge in [-0.15, -0.1) is 10.2 Å². The van der Waals surface area contributed by atoms with Gasteiger partial charge in [-0.2, -0.15) is 5.26 Å². The molecule has 0 aliphatic carbocycles. The summed E-state index contributed by atoms with van der Waals surface area (Å²) >= 11 is 6.02. The highest BCUT2D eigenvalue weighted by Gasteiger charge is 2.18. The zero-order valence-corrected chi connectivity index (χ0v) is 12.6. The number of hydrogen-bond acceptors (Lipinski definition) is 3. The molecule has 0 N–H and O–H groups in total. The molecule has 6 heteroatoms. The van der Waals surface area contributed by atoms with E-state index in [-0.39, 0.29) is 16.2 Å². The third kappa shape index (κ3) is 2.75. The maximum absolute atomic E-state index is 13.9. The second kappa shape index (κ2) is 6.29. The van der Waals surface area contributed by atoms with Crippen molar-refractivity contribution in [1.82, 2.24) is 14.8 Å². The molecule has 0 amide bonds. The van der Waals surface area contributed by atoms with Crippen LogP contribution in [0.4, 0.5) is 4.39 Å². The average Bonchev–Trinajstić information content (AvgIpc) is 2.76. The molecule has 0 saturated heterocycles. The largest absolute Gasteiger partial charge is 0.310 e. The summed E-state index contributed by atoms with van der Waals surface area (Å²) < 4.78 is 15.9. The number of hydrogen-bond donors (Lipinski definition) is 0. The molecule has 3 rings (SSSR count). The average molecular weight is 317 g/mol. The molecule has 0 saturated carbocycles. The fourth-order valence-electron chi connectivity index (χ4n) is 2.62. The van der Waals surface area contributed by atoms with Crippen LogP contribution in [0.3, 0.4) is 0 Å². The highest BCUT2D eigenvalue weighted by Crippen LogP contribution is 2.26. The smallest absolute Gasteiger partial charge is 0.174 e. The van der Waals surface area contributed by atoms with E-state index in [1.54, 1.807) is 6.07 Å². The zero-order chi connectivity index (χ0) is 15.5. The van der Waals surface area contributed by atoms with Crippen LogP contribution in [0.1, 0.15) is 36.5 Å². The minimum Gasteiger partial charge on any atom is -0.310 e. The van der Waals surface area contributed by atoms with Crippen LogP contribution in [0.2, 0.25) is 5.02 Å². The van der Waals surface area contributed by atoms with Crippen LogP contribution in [0.15, 0.2) is 18.2 Å². The van der Waals surface area contributed by atoms with Gasteiger partial charge in [-0.1, -0.05) is 24.1 Å². The van der Waals surface area contributed by atoms with Crippen molar-refractivity contribution in [2.75, 3.05) is 0 Å². The molecule has 112 valence electrons. The maximum Gasteiger partial charge on any atom is 0.174 e. The van der Waals surface area contributed by atoms with Gasteiger partial charge in [-0.05, 0) is 31.1 Å². The predicted octanol–water partition coefficient (Wildman–Crippen LogP) is 3.86. The number of benzene rings is 1. The molecule has 0 unspecified atom stereocenters. The number of fused-ring (bicyclic) bond motifs is 1. The lowest BCUT2D eigenvalue weighted by Crippen LogP contribution is -2.05. The number of nitriles is 1. The van der Waals surface area contributed by atoms with Crippen molar-refractivity contribution in [2.24, 2.45) is 0 Å². The van der Waals surface area contributed by atoms with Crippen molar-refractivity contribution in [2.45, 2.75) is 32.2 Å². The van der Waals surface area contributed by atoms with E-state index in [2.05, 4.69) is 16.3 Å². The van der Waals surface area contributed by atoms with Gasteiger partial charge in [0, 0.05) is 18.5 Å². The third-order valence-electron chi connectivity index (χ3n) is 3.76. The molecular weight excluding hydrogens is 303 g/mol. The SMILES string of the molecule is N#C/C(=C\c1c(F)cccc1Cl)c1nnc2n1CCCCC2. The summed E-state index contributed by atoms with van der Waals surface area (Å²) in [7, 11) is 0. The van der Waals surface area contributed by atoms with Gasteiger partial charge in [-0.25, -0.2) is 4.39 Å². The first-order valence-corrected chi connectivity index (χ1v) is 7.57. The normalized spacial score (nSPS) is 15.0. The lowest BCUT2D eigenvalue weighted by molar-refractivity contribution is 0.624. The van der Waals surface area contributed by atoms with Crippen LogP contribution in [0, 0.1) is 17.1 Å². The van der Waals surface area contributed by atoms with E-state index < -0.39 is 5.82 Å². The lowest BCUT2D eigenvalue weighted by atomic mass is 10.1. The molecule has 1 aromatic heterocycles. The fraction of sp³-hybridized carbons (Fsp3) is 0.312. The Morgan fingerprint density at radius 2 is 2.18 bits per heavy atom. The Bertz CT molecular complexity index is 753.